The lowest BCUT2D eigenvalue weighted by Crippen LogP contribution is -2.51. The molecule has 1 fully saturated rings. The Labute approximate surface area is 207 Å². The molecule has 2 aromatic carbocycles. The summed E-state index contributed by atoms with van der Waals surface area (Å²) < 4.78 is 0.755. The van der Waals surface area contributed by atoms with Crippen LogP contribution in [0.3, 0.4) is 0 Å². The highest BCUT2D eigenvalue weighted by atomic mass is 79.9. The smallest absolute Gasteiger partial charge is 0.258 e. The largest absolute Gasteiger partial charge is 0.368 e. The molecule has 1 saturated heterocycles. The van der Waals surface area contributed by atoms with Gasteiger partial charge >= 0.3 is 0 Å². The number of anilines is 2. The number of hydrogen-bond donors (Lipinski definition) is 2. The number of carbonyl (C=O) groups is 2. The Hall–Kier alpha value is -2.16. The van der Waals surface area contributed by atoms with E-state index >= 15 is 0 Å². The number of halogens is 2. The summed E-state index contributed by atoms with van der Waals surface area (Å²) >= 11 is 14.7. The zero-order chi connectivity index (χ0) is 23.5. The van der Waals surface area contributed by atoms with Crippen LogP contribution in [0.5, 0.6) is 0 Å². The molecule has 9 heteroatoms. The van der Waals surface area contributed by atoms with Gasteiger partial charge in [0.1, 0.15) is 0 Å². The number of amides is 2. The summed E-state index contributed by atoms with van der Waals surface area (Å²) in [5.41, 5.74) is 1.82. The van der Waals surface area contributed by atoms with Crippen LogP contribution in [0.15, 0.2) is 46.9 Å². The molecule has 2 amide bonds. The van der Waals surface area contributed by atoms with E-state index in [0.717, 1.165) is 28.9 Å². The summed E-state index contributed by atoms with van der Waals surface area (Å²) in [5.74, 6) is -0.190. The van der Waals surface area contributed by atoms with Gasteiger partial charge in [-0.25, -0.2) is 0 Å². The van der Waals surface area contributed by atoms with Crippen molar-refractivity contribution in [2.45, 2.75) is 20.8 Å². The quantitative estimate of drug-likeness (QED) is 0.544. The van der Waals surface area contributed by atoms with E-state index < -0.39 is 0 Å². The van der Waals surface area contributed by atoms with Gasteiger partial charge in [-0.3, -0.25) is 14.9 Å². The number of carbonyl (C=O) groups excluding carboxylic acids is 2. The Morgan fingerprint density at radius 1 is 1.03 bits per heavy atom. The minimum absolute atomic E-state index is 0.188. The van der Waals surface area contributed by atoms with Gasteiger partial charge in [0.05, 0.1) is 10.6 Å². The maximum absolute atomic E-state index is 12.5. The van der Waals surface area contributed by atoms with Crippen molar-refractivity contribution in [1.29, 1.82) is 0 Å². The van der Waals surface area contributed by atoms with Gasteiger partial charge in [0.25, 0.3) is 5.91 Å². The summed E-state index contributed by atoms with van der Waals surface area (Å²) in [4.78, 5) is 29.1. The molecule has 0 unspecified atom stereocenters. The SMILES string of the molecule is CC(C)(C)C(=O)N1CCN(c2ccc(NC(=S)NC(=O)c3cc(Br)ccc3Cl)cc2)CC1. The fourth-order valence-corrected chi connectivity index (χ4v) is 4.18. The molecule has 32 heavy (non-hydrogen) atoms. The normalized spacial score (nSPS) is 14.2. The standard InChI is InChI=1S/C23H26BrClN4O2S/c1-23(2,3)21(31)29-12-10-28(11-13-29)17-7-5-16(6-8-17)26-22(32)27-20(30)18-14-15(24)4-9-19(18)25/h4-9,14H,10-13H2,1-3H3,(H2,26,27,30,32). The number of rotatable bonds is 3. The van der Waals surface area contributed by atoms with Gasteiger partial charge in [-0.05, 0) is 54.7 Å². The fraction of sp³-hybridized carbons (Fsp3) is 0.348. The third-order valence-corrected chi connectivity index (χ3v) is 6.13. The molecule has 170 valence electrons. The van der Waals surface area contributed by atoms with Gasteiger partial charge in [0.15, 0.2) is 5.11 Å². The first-order chi connectivity index (χ1) is 15.0. The molecule has 0 radical (unpaired) electrons. The molecule has 1 heterocycles. The van der Waals surface area contributed by atoms with Crippen molar-refractivity contribution in [3.8, 4) is 0 Å². The van der Waals surface area contributed by atoms with Crippen LogP contribution in [0.1, 0.15) is 31.1 Å². The Kier molecular flexibility index (Phi) is 7.79. The minimum atomic E-state index is -0.381. The van der Waals surface area contributed by atoms with E-state index in [1.54, 1.807) is 18.2 Å². The van der Waals surface area contributed by atoms with E-state index in [0.29, 0.717) is 23.7 Å². The zero-order valence-corrected chi connectivity index (χ0v) is 21.4. The first kappa shape index (κ1) is 24.5. The molecule has 0 spiro atoms. The predicted molar refractivity (Wildman–Crippen MR) is 138 cm³/mol. The molecule has 2 aromatic rings. The van der Waals surface area contributed by atoms with Crippen LogP contribution in [-0.4, -0.2) is 48.0 Å². The van der Waals surface area contributed by atoms with Crippen molar-refractivity contribution in [2.75, 3.05) is 36.4 Å². The van der Waals surface area contributed by atoms with E-state index in [1.807, 2.05) is 49.9 Å². The molecule has 0 aromatic heterocycles. The summed E-state index contributed by atoms with van der Waals surface area (Å²) in [7, 11) is 0. The molecule has 3 rings (SSSR count). The first-order valence-corrected chi connectivity index (χ1v) is 11.8. The van der Waals surface area contributed by atoms with Gasteiger partial charge in [-0.2, -0.15) is 0 Å². The van der Waals surface area contributed by atoms with Crippen molar-refractivity contribution in [3.63, 3.8) is 0 Å². The molecule has 2 N–H and O–H groups in total. The van der Waals surface area contributed by atoms with Crippen molar-refractivity contribution in [1.82, 2.24) is 10.2 Å². The highest BCUT2D eigenvalue weighted by Gasteiger charge is 2.29. The Morgan fingerprint density at radius 2 is 1.66 bits per heavy atom. The van der Waals surface area contributed by atoms with Crippen LogP contribution in [0.2, 0.25) is 5.02 Å². The van der Waals surface area contributed by atoms with Gasteiger partial charge < -0.3 is 15.1 Å². The maximum Gasteiger partial charge on any atom is 0.258 e. The van der Waals surface area contributed by atoms with Crippen LogP contribution in [0.25, 0.3) is 0 Å². The molecule has 1 aliphatic rings. The molecular weight excluding hydrogens is 512 g/mol. The van der Waals surface area contributed by atoms with E-state index in [1.165, 1.54) is 0 Å². The van der Waals surface area contributed by atoms with E-state index in [9.17, 15) is 9.59 Å². The van der Waals surface area contributed by atoms with Gasteiger partial charge in [-0.1, -0.05) is 48.3 Å². The topological polar surface area (TPSA) is 64.7 Å². The van der Waals surface area contributed by atoms with Crippen LogP contribution >= 0.6 is 39.7 Å². The Balaban J connectivity index is 1.54. The van der Waals surface area contributed by atoms with Crippen LogP contribution in [0.4, 0.5) is 11.4 Å². The third kappa shape index (κ3) is 6.21. The fourth-order valence-electron chi connectivity index (χ4n) is 3.40. The van der Waals surface area contributed by atoms with Crippen molar-refractivity contribution >= 4 is 68.1 Å². The highest BCUT2D eigenvalue weighted by Crippen LogP contribution is 2.23. The van der Waals surface area contributed by atoms with Gasteiger partial charge in [-0.15, -0.1) is 0 Å². The van der Waals surface area contributed by atoms with Crippen molar-refractivity contribution in [2.24, 2.45) is 5.41 Å². The second-order valence-corrected chi connectivity index (χ2v) is 10.3. The summed E-state index contributed by atoms with van der Waals surface area (Å²) in [5, 5.41) is 6.20. The lowest BCUT2D eigenvalue weighted by atomic mass is 9.94. The van der Waals surface area contributed by atoms with Crippen LogP contribution < -0.4 is 15.5 Å². The number of benzene rings is 2. The van der Waals surface area contributed by atoms with E-state index in [4.69, 9.17) is 23.8 Å². The lowest BCUT2D eigenvalue weighted by molar-refractivity contribution is -0.139. The molecule has 0 atom stereocenters. The molecular formula is C23H26BrClN4O2S. The second-order valence-electron chi connectivity index (χ2n) is 8.61. The van der Waals surface area contributed by atoms with Gasteiger partial charge in [0.2, 0.25) is 5.91 Å². The molecule has 0 bridgehead atoms. The molecule has 0 aliphatic carbocycles. The number of thiocarbonyl (C=S) groups is 1. The lowest BCUT2D eigenvalue weighted by Gasteiger charge is -2.38. The summed E-state index contributed by atoms with van der Waals surface area (Å²) in [6.45, 7) is 8.86. The highest BCUT2D eigenvalue weighted by molar-refractivity contribution is 9.10. The Bertz CT molecular complexity index is 1020. The summed E-state index contributed by atoms with van der Waals surface area (Å²) in [6, 6.07) is 12.9. The third-order valence-electron chi connectivity index (χ3n) is 5.10. The second kappa shape index (κ2) is 10.2. The maximum atomic E-state index is 12.5. The van der Waals surface area contributed by atoms with Crippen molar-refractivity contribution < 1.29 is 9.59 Å². The zero-order valence-electron chi connectivity index (χ0n) is 18.2. The number of piperazine rings is 1. The minimum Gasteiger partial charge on any atom is -0.368 e. The average molecular weight is 538 g/mol. The number of hydrogen-bond acceptors (Lipinski definition) is 4. The number of nitrogens with zero attached hydrogens (tertiary/aromatic N) is 2. The van der Waals surface area contributed by atoms with Crippen LogP contribution in [0, 0.1) is 5.41 Å². The average Bonchev–Trinajstić information content (AvgIpc) is 2.75. The van der Waals surface area contributed by atoms with Crippen molar-refractivity contribution in [3.05, 3.63) is 57.5 Å². The summed E-state index contributed by atoms with van der Waals surface area (Å²) in [6.07, 6.45) is 0. The first-order valence-electron chi connectivity index (χ1n) is 10.3. The van der Waals surface area contributed by atoms with Crippen LogP contribution in [-0.2, 0) is 4.79 Å². The Morgan fingerprint density at radius 3 is 2.25 bits per heavy atom. The molecule has 6 nitrogen and oxygen atoms in total. The van der Waals surface area contributed by atoms with E-state index in [2.05, 4.69) is 31.5 Å². The monoisotopic (exact) mass is 536 g/mol. The van der Waals surface area contributed by atoms with Gasteiger partial charge in [0, 0.05) is 47.4 Å². The number of nitrogens with one attached hydrogen (secondary N) is 2. The molecule has 0 saturated carbocycles. The molecule has 1 aliphatic heterocycles. The predicted octanol–water partition coefficient (Wildman–Crippen LogP) is 4.92. The van der Waals surface area contributed by atoms with E-state index in [-0.39, 0.29) is 22.3 Å².